The van der Waals surface area contributed by atoms with Gasteiger partial charge in [-0.25, -0.2) is 0 Å². The molecule has 0 unspecified atom stereocenters. The third-order valence-electron chi connectivity index (χ3n) is 23.8. The average Bonchev–Trinajstić information content (AvgIpc) is 0.773. The number of ether oxygens (including phenoxy) is 6. The van der Waals surface area contributed by atoms with E-state index < -0.39 is 0 Å². The molecule has 24 aromatic rings. The van der Waals surface area contributed by atoms with E-state index in [2.05, 4.69) is 13.8 Å². The summed E-state index contributed by atoms with van der Waals surface area (Å²) in [4.78, 5) is 100. The fourth-order valence-electron chi connectivity index (χ4n) is 16.7. The van der Waals surface area contributed by atoms with Crippen LogP contribution in [-0.4, -0.2) is 40.6 Å². The fraction of sp³-hybridized carbons (Fsp3) is 0.126. The molecule has 0 atom stereocenters. The maximum Gasteiger partial charge on any atom is 0.197 e. The van der Waals surface area contributed by atoms with Gasteiger partial charge in [0.15, 0.2) is 43.4 Å². The second-order valence-electron chi connectivity index (χ2n) is 33.2. The molecule has 0 amide bonds. The van der Waals surface area contributed by atoms with E-state index in [0.717, 1.165) is 122 Å². The predicted octanol–water partition coefficient (Wildman–Crippen LogP) is 35.8. The van der Waals surface area contributed by atoms with E-state index >= 15 is 0 Å². The second-order valence-corrected chi connectivity index (χ2v) is 44.9. The van der Waals surface area contributed by atoms with Crippen molar-refractivity contribution in [3.63, 3.8) is 0 Å². The van der Waals surface area contributed by atoms with Crippen LogP contribution in [0.25, 0.3) is 161 Å². The first-order valence-corrected chi connectivity index (χ1v) is 56.5. The zero-order valence-electron chi connectivity index (χ0n) is 80.7. The Labute approximate surface area is 924 Å². The summed E-state index contributed by atoms with van der Waals surface area (Å²) in [6, 6.07) is 90.1. The molecule has 14 nitrogen and oxygen atoms in total. The highest BCUT2D eigenvalue weighted by Gasteiger charge is 2.23. The Hall–Kier alpha value is -12.2. The molecular formula is C119H86Cl8O14S8. The van der Waals surface area contributed by atoms with E-state index in [0.29, 0.717) is 165 Å². The minimum absolute atomic E-state index is 0.0266. The normalized spacial score (nSPS) is 11.1. The van der Waals surface area contributed by atoms with Gasteiger partial charge >= 0.3 is 0 Å². The van der Waals surface area contributed by atoms with Gasteiger partial charge in [0.05, 0.1) is 138 Å². The SMILES string of the molecule is CCCOc1ccc(Cl)c2c(=O)c3ccccc3sc12.CCCOc1ccc2sc3ccccc3c(=O)c2c1Cl.CCOc1ccc(Cl)c2c(=O)c3ccccc3sc12.CCOc1ccc2sc3ccccc3c(=O)c2c1Cl.CCc1ccc(Cl)c2c(=O)c3ccccc3sc12.COc1ccc(Cl)c2c(=O)c3ccccc3sc12.COc1ccc2sc3ccccc3c(=O)c2c1Cl.Cc1ccc(Cl)c2c(=O)c3ccccc3sc12. The van der Waals surface area contributed by atoms with Gasteiger partial charge in [-0.3, -0.25) is 38.4 Å². The predicted molar refractivity (Wildman–Crippen MR) is 646 cm³/mol. The lowest BCUT2D eigenvalue weighted by atomic mass is 10.1. The van der Waals surface area contributed by atoms with Crippen molar-refractivity contribution in [1.29, 1.82) is 0 Å². The van der Waals surface area contributed by atoms with Crippen LogP contribution in [0, 0.1) is 6.92 Å². The molecule has 750 valence electrons. The Morgan fingerprint density at radius 3 is 0.765 bits per heavy atom. The number of aryl methyl sites for hydroxylation is 2. The third kappa shape index (κ3) is 22.6. The summed E-state index contributed by atoms with van der Waals surface area (Å²) >= 11 is 62.4. The summed E-state index contributed by atoms with van der Waals surface area (Å²) in [5.74, 6) is 3.82. The number of hydrogen-bond acceptors (Lipinski definition) is 22. The maximum atomic E-state index is 12.6. The Bertz CT molecular complexity index is 9660. The van der Waals surface area contributed by atoms with Gasteiger partial charge in [0.1, 0.15) is 34.5 Å². The van der Waals surface area contributed by atoms with Gasteiger partial charge in [0.25, 0.3) is 0 Å². The molecule has 0 radical (unpaired) electrons. The first-order chi connectivity index (χ1) is 72.2. The monoisotopic (exact) mass is 2270 g/mol. The van der Waals surface area contributed by atoms with Gasteiger partial charge in [-0.05, 0) is 233 Å². The second kappa shape index (κ2) is 48.8. The van der Waals surface area contributed by atoms with Gasteiger partial charge in [-0.1, -0.05) is 223 Å². The molecular weight excluding hydrogens is 2190 g/mol. The molecule has 8 heterocycles. The molecule has 0 spiro atoms. The average molecular weight is 2280 g/mol. The van der Waals surface area contributed by atoms with Crippen molar-refractivity contribution in [2.75, 3.05) is 40.6 Å². The summed E-state index contributed by atoms with van der Waals surface area (Å²) in [7, 11) is 3.14. The van der Waals surface area contributed by atoms with Crippen LogP contribution >= 0.6 is 184 Å². The van der Waals surface area contributed by atoms with Crippen molar-refractivity contribution in [1.82, 2.24) is 0 Å². The molecule has 0 aliphatic carbocycles. The van der Waals surface area contributed by atoms with Crippen LogP contribution in [0.5, 0.6) is 34.5 Å². The molecule has 8 aromatic heterocycles. The summed E-state index contributed by atoms with van der Waals surface area (Å²) in [6.45, 7) is 14.3. The Morgan fingerprint density at radius 2 is 0.443 bits per heavy atom. The number of hydrogen-bond donors (Lipinski definition) is 0. The molecule has 0 N–H and O–H groups in total. The quantitative estimate of drug-likeness (QED) is 0.0990. The smallest absolute Gasteiger partial charge is 0.197 e. The molecule has 30 heteroatoms. The third-order valence-corrected chi connectivity index (χ3v) is 36.1. The highest BCUT2D eigenvalue weighted by Crippen LogP contribution is 2.44. The Morgan fingerprint density at radius 1 is 0.215 bits per heavy atom. The van der Waals surface area contributed by atoms with Crippen molar-refractivity contribution in [2.24, 2.45) is 0 Å². The number of methoxy groups -OCH3 is 2. The molecule has 0 saturated carbocycles. The van der Waals surface area contributed by atoms with Crippen LogP contribution in [0.1, 0.15) is 58.6 Å². The Balaban J connectivity index is 0.000000116. The van der Waals surface area contributed by atoms with Crippen LogP contribution in [0.3, 0.4) is 0 Å². The first kappa shape index (κ1) is 108. The van der Waals surface area contributed by atoms with Gasteiger partial charge in [-0.15, -0.1) is 90.7 Å². The topological polar surface area (TPSA) is 192 Å². The number of benzene rings is 16. The lowest BCUT2D eigenvalue weighted by molar-refractivity contribution is 0.318. The van der Waals surface area contributed by atoms with E-state index in [4.69, 9.17) is 121 Å². The highest BCUT2D eigenvalue weighted by molar-refractivity contribution is 7.27. The number of fused-ring (bicyclic) bond motifs is 16. The van der Waals surface area contributed by atoms with Gasteiger partial charge in [0, 0.05) is 104 Å². The Kier molecular flexibility index (Phi) is 35.4. The summed E-state index contributed by atoms with van der Waals surface area (Å²) in [6.07, 6.45) is 2.73. The van der Waals surface area contributed by atoms with Crippen LogP contribution in [0.2, 0.25) is 40.2 Å². The summed E-state index contributed by atoms with van der Waals surface area (Å²) < 4.78 is 47.7. The van der Waals surface area contributed by atoms with Crippen LogP contribution in [0.15, 0.2) is 330 Å². The number of halogens is 8. The zero-order chi connectivity index (χ0) is 105. The van der Waals surface area contributed by atoms with Crippen LogP contribution in [-0.2, 0) is 6.42 Å². The minimum atomic E-state index is -0.0387. The lowest BCUT2D eigenvalue weighted by Gasteiger charge is -2.09. The van der Waals surface area contributed by atoms with Crippen molar-refractivity contribution < 1.29 is 28.4 Å². The van der Waals surface area contributed by atoms with E-state index in [1.165, 1.54) is 28.2 Å². The van der Waals surface area contributed by atoms with Gasteiger partial charge in [-0.2, -0.15) is 0 Å². The molecule has 0 aliphatic rings. The number of rotatable bonds is 13. The van der Waals surface area contributed by atoms with Gasteiger partial charge < -0.3 is 28.4 Å². The molecule has 0 saturated heterocycles. The zero-order valence-corrected chi connectivity index (χ0v) is 93.2. The molecule has 149 heavy (non-hydrogen) atoms. The lowest BCUT2D eigenvalue weighted by Crippen LogP contribution is -2.03. The minimum Gasteiger partial charge on any atom is -0.495 e. The van der Waals surface area contributed by atoms with Crippen molar-refractivity contribution >= 4 is 345 Å². The van der Waals surface area contributed by atoms with Crippen molar-refractivity contribution in [2.45, 2.75) is 60.8 Å². The standard InChI is InChI=1S/2C16H13ClO2S.2C15H11ClO2S.C15H11ClOS.2C14H9ClO2S.C14H9ClOS/c1-2-9-19-12-8-7-11(17)14-15(18)10-5-3-4-6-13(10)20-16(12)14;1-2-9-19-11-7-8-13-14(15(11)17)16(18)10-5-3-4-6-12(10)20-13;1-2-18-11-8-7-10(16)13-14(17)9-5-3-4-6-12(9)19-15(11)13;1-2-18-10-7-8-12-13(14(10)16)15(17)9-5-3-4-6-11(9)19-12;1-2-9-7-8-11(16)13-14(17)10-5-3-4-6-12(10)18-15(9)13;1-17-10-7-6-9(15)12-13(16)8-4-2-3-5-11(8)18-14(10)12;1-17-9-6-7-11-12(13(9)15)14(16)8-4-2-3-5-10(8)18-11;1-8-6-7-10(15)12-13(16)9-4-2-3-5-11(9)17-14(8)12/h2*3-8H,2,9H2,1H3;2*3-8H,2H2,1H3;3-8H,2H2,1H3;2*2-7H,1H3;2-7H,1H3. The van der Waals surface area contributed by atoms with Gasteiger partial charge in [0.2, 0.25) is 0 Å². The summed E-state index contributed by atoms with van der Waals surface area (Å²) in [5.41, 5.74) is 2.16. The van der Waals surface area contributed by atoms with E-state index in [9.17, 15) is 38.4 Å². The largest absolute Gasteiger partial charge is 0.495 e. The van der Waals surface area contributed by atoms with E-state index in [-0.39, 0.29) is 43.4 Å². The molecule has 24 rings (SSSR count). The molecule has 16 aromatic carbocycles. The maximum absolute atomic E-state index is 12.6. The highest BCUT2D eigenvalue weighted by atomic mass is 35.5. The van der Waals surface area contributed by atoms with Crippen molar-refractivity contribution in [3.8, 4) is 34.5 Å². The molecule has 0 bridgehead atoms. The molecule has 0 aliphatic heterocycles. The van der Waals surface area contributed by atoms with E-state index in [1.807, 2.05) is 282 Å². The van der Waals surface area contributed by atoms with E-state index in [1.54, 1.807) is 119 Å². The van der Waals surface area contributed by atoms with Crippen molar-refractivity contribution in [3.05, 3.63) is 424 Å². The van der Waals surface area contributed by atoms with Crippen LogP contribution in [0.4, 0.5) is 0 Å². The summed E-state index contributed by atoms with van der Waals surface area (Å²) in [5, 5.41) is 14.1. The first-order valence-electron chi connectivity index (χ1n) is 46.9. The molecule has 0 fully saturated rings. The van der Waals surface area contributed by atoms with Crippen LogP contribution < -0.4 is 71.9 Å². The fourth-order valence-corrected chi connectivity index (χ4v) is 28.6.